The van der Waals surface area contributed by atoms with E-state index < -0.39 is 38.1 Å². The maximum Gasteiger partial charge on any atom is 0.335 e. The summed E-state index contributed by atoms with van der Waals surface area (Å²) in [4.78, 5) is 20.2. The molecule has 0 bridgehead atoms. The fourth-order valence-electron chi connectivity index (χ4n) is 3.64. The number of unbranched alkanes of at least 4 members (excludes halogenated alkanes) is 4. The molecule has 0 amide bonds. The second-order valence-corrected chi connectivity index (χ2v) is 9.84. The van der Waals surface area contributed by atoms with E-state index in [0.717, 1.165) is 6.07 Å². The van der Waals surface area contributed by atoms with Crippen LogP contribution in [0.5, 0.6) is 0 Å². The molecule has 0 atom stereocenters. The van der Waals surface area contributed by atoms with Crippen LogP contribution in [0.15, 0.2) is 23.1 Å². The third-order valence-electron chi connectivity index (χ3n) is 5.63. The Bertz CT molecular complexity index is 767. The standard InChI is InChI=1S/C16H36N.C8H6O7S/c1-5-9-13-17(14-10-6-2,15-11-7-3)16-12-8-4;9-7(10)4-1-5(8(11)12)3-6(2-4)16(13,14)15/h5-16H2,1-4H3;1-3H,(H,9,10)(H,11,12)(H,13,14,15)/q+1;/p-1. The van der Waals surface area contributed by atoms with Crippen molar-refractivity contribution < 1.29 is 37.3 Å². The Morgan fingerprint density at radius 2 is 1.03 bits per heavy atom. The van der Waals surface area contributed by atoms with E-state index in [-0.39, 0.29) is 0 Å². The van der Waals surface area contributed by atoms with E-state index in [0.29, 0.717) is 12.1 Å². The molecular formula is C24H41NO7S. The highest BCUT2D eigenvalue weighted by Gasteiger charge is 2.24. The van der Waals surface area contributed by atoms with Crippen LogP contribution in [0.4, 0.5) is 0 Å². The summed E-state index contributed by atoms with van der Waals surface area (Å²) >= 11 is 0. The van der Waals surface area contributed by atoms with Crippen LogP contribution in [0.25, 0.3) is 0 Å². The summed E-state index contributed by atoms with van der Waals surface area (Å²) in [7, 11) is -4.89. The highest BCUT2D eigenvalue weighted by molar-refractivity contribution is 7.85. The summed E-state index contributed by atoms with van der Waals surface area (Å²) in [6.07, 6.45) is 11.1. The number of carboxylic acids is 2. The Morgan fingerprint density at radius 1 is 0.727 bits per heavy atom. The molecule has 8 nitrogen and oxygen atoms in total. The van der Waals surface area contributed by atoms with Gasteiger partial charge in [0.1, 0.15) is 10.1 Å². The van der Waals surface area contributed by atoms with Gasteiger partial charge in [-0.2, -0.15) is 0 Å². The average Bonchev–Trinajstić information content (AvgIpc) is 2.77. The topological polar surface area (TPSA) is 132 Å². The molecule has 9 heteroatoms. The zero-order chi connectivity index (χ0) is 25.5. The Balaban J connectivity index is 0.000000621. The predicted molar refractivity (Wildman–Crippen MR) is 128 cm³/mol. The van der Waals surface area contributed by atoms with Crippen LogP contribution in [0, 0.1) is 0 Å². The van der Waals surface area contributed by atoms with E-state index in [1.165, 1.54) is 82.0 Å². The minimum Gasteiger partial charge on any atom is -0.744 e. The lowest BCUT2D eigenvalue weighted by Gasteiger charge is -2.39. The van der Waals surface area contributed by atoms with Crippen molar-refractivity contribution in [3.63, 3.8) is 0 Å². The number of benzene rings is 1. The summed E-state index contributed by atoms with van der Waals surface area (Å²) in [5.41, 5.74) is -1.15. The van der Waals surface area contributed by atoms with E-state index in [1.807, 2.05) is 0 Å². The molecule has 0 saturated carbocycles. The van der Waals surface area contributed by atoms with Crippen LogP contribution >= 0.6 is 0 Å². The van der Waals surface area contributed by atoms with Gasteiger partial charge >= 0.3 is 11.9 Å². The molecule has 0 unspecified atom stereocenters. The Hall–Kier alpha value is -1.97. The van der Waals surface area contributed by atoms with Crippen molar-refractivity contribution in [3.8, 4) is 0 Å². The molecule has 0 spiro atoms. The van der Waals surface area contributed by atoms with Gasteiger partial charge in [-0.3, -0.25) is 0 Å². The second-order valence-electron chi connectivity index (χ2n) is 8.46. The van der Waals surface area contributed by atoms with Crippen molar-refractivity contribution in [1.29, 1.82) is 0 Å². The Morgan fingerprint density at radius 3 is 1.24 bits per heavy atom. The molecule has 1 aromatic carbocycles. The van der Waals surface area contributed by atoms with Gasteiger partial charge < -0.3 is 19.2 Å². The van der Waals surface area contributed by atoms with Crippen LogP contribution in [0.1, 0.15) is 99.8 Å². The van der Waals surface area contributed by atoms with Crippen LogP contribution in [-0.2, 0) is 10.1 Å². The number of aromatic carboxylic acids is 2. The lowest BCUT2D eigenvalue weighted by molar-refractivity contribution is -0.929. The maximum absolute atomic E-state index is 10.6. The first-order valence-corrected chi connectivity index (χ1v) is 13.3. The fourth-order valence-corrected chi connectivity index (χ4v) is 4.18. The van der Waals surface area contributed by atoms with E-state index in [9.17, 15) is 22.6 Å². The summed E-state index contributed by atoms with van der Waals surface area (Å²) in [6, 6.07) is 1.98. The second kappa shape index (κ2) is 15.8. The Labute approximate surface area is 199 Å². The van der Waals surface area contributed by atoms with E-state index in [1.54, 1.807) is 0 Å². The number of quaternary nitrogens is 1. The van der Waals surface area contributed by atoms with Crippen molar-refractivity contribution in [3.05, 3.63) is 29.3 Å². The van der Waals surface area contributed by atoms with Crippen LogP contribution < -0.4 is 0 Å². The van der Waals surface area contributed by atoms with Crippen LogP contribution in [-0.4, -0.2) is 65.8 Å². The molecule has 0 radical (unpaired) electrons. The largest absolute Gasteiger partial charge is 0.744 e. The maximum atomic E-state index is 10.6. The monoisotopic (exact) mass is 487 g/mol. The molecule has 1 rings (SSSR count). The summed E-state index contributed by atoms with van der Waals surface area (Å²) in [5.74, 6) is -3.04. The van der Waals surface area contributed by atoms with Crippen molar-refractivity contribution in [1.82, 2.24) is 0 Å². The summed E-state index contributed by atoms with van der Waals surface area (Å²) in [5, 5.41) is 17.2. The average molecular weight is 488 g/mol. The van der Waals surface area contributed by atoms with Crippen molar-refractivity contribution in [2.24, 2.45) is 0 Å². The SMILES string of the molecule is CCCC[N+](CCCC)(CCCC)CCCC.O=C(O)c1cc(C(=O)O)cc(S(=O)(=O)[O-])c1. The number of nitrogens with zero attached hydrogens (tertiary/aromatic N) is 1. The molecule has 0 aliphatic rings. The molecule has 33 heavy (non-hydrogen) atoms. The number of rotatable bonds is 15. The first-order valence-electron chi connectivity index (χ1n) is 11.9. The van der Waals surface area contributed by atoms with Crippen LogP contribution in [0.3, 0.4) is 0 Å². The molecule has 0 aliphatic heterocycles. The van der Waals surface area contributed by atoms with Gasteiger partial charge in [0, 0.05) is 0 Å². The third-order valence-corrected chi connectivity index (χ3v) is 6.45. The highest BCUT2D eigenvalue weighted by Crippen LogP contribution is 2.17. The lowest BCUT2D eigenvalue weighted by Crippen LogP contribution is -2.50. The van der Waals surface area contributed by atoms with E-state index >= 15 is 0 Å². The van der Waals surface area contributed by atoms with Gasteiger partial charge in [0.05, 0.1) is 42.2 Å². The first kappa shape index (κ1) is 31.0. The molecule has 0 aliphatic carbocycles. The molecule has 190 valence electrons. The predicted octanol–water partition coefficient (Wildman–Crippen LogP) is 4.99. The Kier molecular flexibility index (Phi) is 14.9. The minimum atomic E-state index is -4.89. The molecular weight excluding hydrogens is 446 g/mol. The van der Waals surface area contributed by atoms with Gasteiger partial charge in [-0.1, -0.05) is 53.4 Å². The third kappa shape index (κ3) is 12.2. The highest BCUT2D eigenvalue weighted by atomic mass is 32.2. The van der Waals surface area contributed by atoms with Gasteiger partial charge in [0.25, 0.3) is 0 Å². The normalized spacial score (nSPS) is 11.5. The van der Waals surface area contributed by atoms with E-state index in [4.69, 9.17) is 10.2 Å². The van der Waals surface area contributed by atoms with Crippen molar-refractivity contribution in [2.45, 2.75) is 84.0 Å². The van der Waals surface area contributed by atoms with Gasteiger partial charge in [-0.25, -0.2) is 18.0 Å². The first-order chi connectivity index (χ1) is 15.5. The van der Waals surface area contributed by atoms with Crippen LogP contribution in [0.2, 0.25) is 0 Å². The van der Waals surface area contributed by atoms with Crippen molar-refractivity contribution in [2.75, 3.05) is 26.2 Å². The van der Waals surface area contributed by atoms with E-state index in [2.05, 4.69) is 27.7 Å². The lowest BCUT2D eigenvalue weighted by atomic mass is 10.1. The minimum absolute atomic E-state index is 0.575. The molecule has 0 heterocycles. The molecule has 2 N–H and O–H groups in total. The zero-order valence-electron chi connectivity index (χ0n) is 20.5. The molecule has 0 aromatic heterocycles. The van der Waals surface area contributed by atoms with Gasteiger partial charge in [-0.05, 0) is 43.9 Å². The summed E-state index contributed by atoms with van der Waals surface area (Å²) in [6.45, 7) is 15.0. The fraction of sp³-hybridized carbons (Fsp3) is 0.667. The molecule has 1 aromatic rings. The van der Waals surface area contributed by atoms with Gasteiger partial charge in [0.15, 0.2) is 0 Å². The molecule has 0 saturated heterocycles. The van der Waals surface area contributed by atoms with Crippen molar-refractivity contribution >= 4 is 22.1 Å². The van der Waals surface area contributed by atoms with Gasteiger partial charge in [0.2, 0.25) is 0 Å². The smallest absolute Gasteiger partial charge is 0.335 e. The molecule has 0 fully saturated rings. The number of hydrogen-bond acceptors (Lipinski definition) is 5. The van der Waals surface area contributed by atoms with Gasteiger partial charge in [-0.15, -0.1) is 0 Å². The summed E-state index contributed by atoms with van der Waals surface area (Å²) < 4.78 is 33.3. The number of carboxylic acid groups (broad SMARTS) is 2. The number of carbonyl (C=O) groups is 2. The zero-order valence-corrected chi connectivity index (χ0v) is 21.3. The number of hydrogen-bond donors (Lipinski definition) is 2. The quantitative estimate of drug-likeness (QED) is 0.263.